The fourth-order valence-corrected chi connectivity index (χ4v) is 3.58. The van der Waals surface area contributed by atoms with E-state index in [1.807, 2.05) is 49.4 Å². The molecular formula is C23H26N4O3. The molecule has 0 aliphatic carbocycles. The third-order valence-corrected chi connectivity index (χ3v) is 5.21. The van der Waals surface area contributed by atoms with Crippen LogP contribution in [0.15, 0.2) is 59.1 Å². The molecule has 1 unspecified atom stereocenters. The first-order valence-corrected chi connectivity index (χ1v) is 10.3. The van der Waals surface area contributed by atoms with Gasteiger partial charge in [-0.15, -0.1) is 0 Å². The number of nitrogens with one attached hydrogen (secondary N) is 1. The number of rotatable bonds is 7. The summed E-state index contributed by atoms with van der Waals surface area (Å²) in [5.74, 6) is 1.69. The minimum absolute atomic E-state index is 0.0873. The van der Waals surface area contributed by atoms with E-state index in [2.05, 4.69) is 27.6 Å². The maximum atomic E-state index is 12.7. The van der Waals surface area contributed by atoms with E-state index in [-0.39, 0.29) is 18.7 Å². The SMILES string of the molecule is Cc1ccc(OCc2nc(C3CCCN3C(=O)NCCc3ccccc3)no2)cc1. The molecule has 4 rings (SSSR count). The summed E-state index contributed by atoms with van der Waals surface area (Å²) < 4.78 is 11.0. The summed E-state index contributed by atoms with van der Waals surface area (Å²) in [5.41, 5.74) is 2.37. The smallest absolute Gasteiger partial charge is 0.318 e. The Kier molecular flexibility index (Phi) is 6.27. The number of ether oxygens (including phenoxy) is 1. The molecule has 2 aromatic carbocycles. The number of carbonyl (C=O) groups is 1. The molecule has 1 aliphatic heterocycles. The van der Waals surface area contributed by atoms with Crippen LogP contribution in [0.25, 0.3) is 0 Å². The number of carbonyl (C=O) groups excluding carboxylic acids is 1. The van der Waals surface area contributed by atoms with E-state index in [1.165, 1.54) is 11.1 Å². The van der Waals surface area contributed by atoms with Gasteiger partial charge in [-0.05, 0) is 43.9 Å². The Morgan fingerprint density at radius 3 is 2.80 bits per heavy atom. The van der Waals surface area contributed by atoms with Crippen molar-refractivity contribution in [1.29, 1.82) is 0 Å². The number of hydrogen-bond acceptors (Lipinski definition) is 5. The first kappa shape index (κ1) is 19.9. The Labute approximate surface area is 176 Å². The number of likely N-dealkylation sites (tertiary alicyclic amines) is 1. The lowest BCUT2D eigenvalue weighted by Gasteiger charge is -2.22. The molecule has 1 atom stereocenters. The molecule has 0 saturated carbocycles. The van der Waals surface area contributed by atoms with Crippen molar-refractivity contribution in [2.45, 2.75) is 38.8 Å². The van der Waals surface area contributed by atoms with Crippen molar-refractivity contribution < 1.29 is 14.1 Å². The van der Waals surface area contributed by atoms with Gasteiger partial charge in [-0.2, -0.15) is 4.98 Å². The standard InChI is InChI=1S/C23H26N4O3/c1-17-9-11-19(12-10-17)29-16-21-25-22(26-30-21)20-8-5-15-27(20)23(28)24-14-13-18-6-3-2-4-7-18/h2-4,6-7,9-12,20H,5,8,13-16H2,1H3,(H,24,28). The van der Waals surface area contributed by atoms with Crippen LogP contribution in [0.4, 0.5) is 4.79 Å². The van der Waals surface area contributed by atoms with E-state index in [0.29, 0.717) is 24.8 Å². The van der Waals surface area contributed by atoms with Crippen LogP contribution in [-0.2, 0) is 13.0 Å². The average molecular weight is 406 g/mol. The Morgan fingerprint density at radius 1 is 1.20 bits per heavy atom. The summed E-state index contributed by atoms with van der Waals surface area (Å²) in [6, 6.07) is 17.7. The fraction of sp³-hybridized carbons (Fsp3) is 0.348. The van der Waals surface area contributed by atoms with Crippen molar-refractivity contribution in [2.75, 3.05) is 13.1 Å². The van der Waals surface area contributed by atoms with E-state index in [0.717, 1.165) is 25.0 Å². The van der Waals surface area contributed by atoms with Gasteiger partial charge in [0.05, 0.1) is 6.04 Å². The molecule has 7 heteroatoms. The maximum absolute atomic E-state index is 12.7. The second-order valence-electron chi connectivity index (χ2n) is 7.47. The van der Waals surface area contributed by atoms with Gasteiger partial charge in [0, 0.05) is 13.1 Å². The largest absolute Gasteiger partial charge is 0.484 e. The van der Waals surface area contributed by atoms with Crippen LogP contribution >= 0.6 is 0 Å². The molecule has 156 valence electrons. The predicted molar refractivity (Wildman–Crippen MR) is 112 cm³/mol. The molecule has 0 spiro atoms. The molecule has 1 aromatic heterocycles. The maximum Gasteiger partial charge on any atom is 0.318 e. The van der Waals surface area contributed by atoms with Gasteiger partial charge in [-0.25, -0.2) is 4.79 Å². The lowest BCUT2D eigenvalue weighted by atomic mass is 10.1. The summed E-state index contributed by atoms with van der Waals surface area (Å²) in [4.78, 5) is 18.9. The van der Waals surface area contributed by atoms with Gasteiger partial charge in [0.25, 0.3) is 5.89 Å². The van der Waals surface area contributed by atoms with Crippen LogP contribution < -0.4 is 10.1 Å². The van der Waals surface area contributed by atoms with Gasteiger partial charge >= 0.3 is 6.03 Å². The molecule has 1 fully saturated rings. The Bertz CT molecular complexity index is 956. The van der Waals surface area contributed by atoms with Gasteiger partial charge < -0.3 is 19.5 Å². The molecule has 1 aliphatic rings. The lowest BCUT2D eigenvalue weighted by Crippen LogP contribution is -2.40. The topological polar surface area (TPSA) is 80.5 Å². The molecule has 2 heterocycles. The second kappa shape index (κ2) is 9.43. The molecule has 2 amide bonds. The van der Waals surface area contributed by atoms with Gasteiger partial charge in [0.15, 0.2) is 12.4 Å². The lowest BCUT2D eigenvalue weighted by molar-refractivity contribution is 0.190. The van der Waals surface area contributed by atoms with Crippen LogP contribution in [0.3, 0.4) is 0 Å². The van der Waals surface area contributed by atoms with E-state index in [4.69, 9.17) is 9.26 Å². The van der Waals surface area contributed by atoms with Crippen molar-refractivity contribution in [3.63, 3.8) is 0 Å². The summed E-state index contributed by atoms with van der Waals surface area (Å²) in [6.45, 7) is 3.50. The van der Waals surface area contributed by atoms with Crippen molar-refractivity contribution in [1.82, 2.24) is 20.4 Å². The predicted octanol–water partition coefficient (Wildman–Crippen LogP) is 4.05. The summed E-state index contributed by atoms with van der Waals surface area (Å²) in [7, 11) is 0. The van der Waals surface area contributed by atoms with Crippen molar-refractivity contribution >= 4 is 6.03 Å². The number of amides is 2. The summed E-state index contributed by atoms with van der Waals surface area (Å²) >= 11 is 0. The highest BCUT2D eigenvalue weighted by atomic mass is 16.5. The van der Waals surface area contributed by atoms with Crippen molar-refractivity contribution in [2.24, 2.45) is 0 Å². The van der Waals surface area contributed by atoms with Gasteiger partial charge in [0.1, 0.15) is 5.75 Å². The normalized spacial score (nSPS) is 15.9. The van der Waals surface area contributed by atoms with E-state index in [1.54, 1.807) is 4.90 Å². The second-order valence-corrected chi connectivity index (χ2v) is 7.47. The third-order valence-electron chi connectivity index (χ3n) is 5.21. The molecular weight excluding hydrogens is 380 g/mol. The van der Waals surface area contributed by atoms with Crippen LogP contribution in [0.5, 0.6) is 5.75 Å². The number of aryl methyl sites for hydroxylation is 1. The summed E-state index contributed by atoms with van der Waals surface area (Å²) in [6.07, 6.45) is 2.54. The number of benzene rings is 2. The first-order valence-electron chi connectivity index (χ1n) is 10.3. The molecule has 0 bridgehead atoms. The molecule has 1 N–H and O–H groups in total. The Hall–Kier alpha value is -3.35. The molecule has 0 radical (unpaired) electrons. The Morgan fingerprint density at radius 2 is 2.00 bits per heavy atom. The molecule has 30 heavy (non-hydrogen) atoms. The highest BCUT2D eigenvalue weighted by molar-refractivity contribution is 5.75. The molecule has 1 saturated heterocycles. The summed E-state index contributed by atoms with van der Waals surface area (Å²) in [5, 5.41) is 7.10. The first-order chi connectivity index (χ1) is 14.7. The molecule has 7 nitrogen and oxygen atoms in total. The minimum Gasteiger partial charge on any atom is -0.484 e. The van der Waals surface area contributed by atoms with Crippen LogP contribution in [0, 0.1) is 6.92 Å². The number of nitrogens with zero attached hydrogens (tertiary/aromatic N) is 3. The number of urea groups is 1. The van der Waals surface area contributed by atoms with Gasteiger partial charge in [0.2, 0.25) is 0 Å². The quantitative estimate of drug-likeness (QED) is 0.640. The van der Waals surface area contributed by atoms with Crippen LogP contribution in [0.2, 0.25) is 0 Å². The zero-order valence-electron chi connectivity index (χ0n) is 17.1. The van der Waals surface area contributed by atoms with Crippen molar-refractivity contribution in [3.05, 3.63) is 77.4 Å². The average Bonchev–Trinajstić information content (AvgIpc) is 3.43. The van der Waals surface area contributed by atoms with Crippen LogP contribution in [0.1, 0.15) is 41.7 Å². The van der Waals surface area contributed by atoms with E-state index in [9.17, 15) is 4.79 Å². The number of hydrogen-bond donors (Lipinski definition) is 1. The fourth-order valence-electron chi connectivity index (χ4n) is 3.58. The monoisotopic (exact) mass is 406 g/mol. The van der Waals surface area contributed by atoms with Crippen molar-refractivity contribution in [3.8, 4) is 5.75 Å². The number of aromatic nitrogens is 2. The van der Waals surface area contributed by atoms with Crippen LogP contribution in [-0.4, -0.2) is 34.2 Å². The highest BCUT2D eigenvalue weighted by Gasteiger charge is 2.33. The highest BCUT2D eigenvalue weighted by Crippen LogP contribution is 2.30. The van der Waals surface area contributed by atoms with Gasteiger partial charge in [-0.3, -0.25) is 0 Å². The van der Waals surface area contributed by atoms with E-state index >= 15 is 0 Å². The van der Waals surface area contributed by atoms with Gasteiger partial charge in [-0.1, -0.05) is 53.2 Å². The third kappa shape index (κ3) is 4.97. The molecule has 3 aromatic rings. The zero-order valence-corrected chi connectivity index (χ0v) is 17.1. The van der Waals surface area contributed by atoms with E-state index < -0.39 is 0 Å². The zero-order chi connectivity index (χ0) is 20.8. The minimum atomic E-state index is -0.168. The Balaban J connectivity index is 1.30.